The predicted molar refractivity (Wildman–Crippen MR) is 71.0 cm³/mol. The van der Waals surface area contributed by atoms with Gasteiger partial charge >= 0.3 is 5.97 Å². The molecular weight excluding hydrogens is 252 g/mol. The van der Waals surface area contributed by atoms with Crippen molar-refractivity contribution in [2.75, 3.05) is 16.9 Å². The second-order valence-electron chi connectivity index (χ2n) is 4.04. The van der Waals surface area contributed by atoms with Gasteiger partial charge in [0.1, 0.15) is 0 Å². The molecule has 0 spiro atoms. The Hall–Kier alpha value is -1.53. The summed E-state index contributed by atoms with van der Waals surface area (Å²) in [6.45, 7) is 1.69. The SMILES string of the molecule is Cc1c(NC(=O)C2CSCN2)cccc1C(=O)O. The van der Waals surface area contributed by atoms with E-state index in [1.54, 1.807) is 30.8 Å². The largest absolute Gasteiger partial charge is 0.478 e. The monoisotopic (exact) mass is 266 g/mol. The topological polar surface area (TPSA) is 78.4 Å². The fourth-order valence-corrected chi connectivity index (χ4v) is 2.73. The fraction of sp³-hybridized carbons (Fsp3) is 0.333. The van der Waals surface area contributed by atoms with Gasteiger partial charge in [0.05, 0.1) is 11.6 Å². The van der Waals surface area contributed by atoms with Crippen LogP contribution in [0, 0.1) is 6.92 Å². The number of carbonyl (C=O) groups is 2. The molecule has 0 aliphatic carbocycles. The summed E-state index contributed by atoms with van der Waals surface area (Å²) >= 11 is 1.67. The molecule has 1 aliphatic heterocycles. The lowest BCUT2D eigenvalue weighted by atomic mass is 10.1. The maximum absolute atomic E-state index is 11.9. The second-order valence-corrected chi connectivity index (χ2v) is 5.07. The van der Waals surface area contributed by atoms with E-state index in [9.17, 15) is 9.59 Å². The summed E-state index contributed by atoms with van der Waals surface area (Å²) in [5.74, 6) is 0.402. The Labute approximate surface area is 109 Å². The van der Waals surface area contributed by atoms with Crippen LogP contribution in [-0.4, -0.2) is 34.7 Å². The van der Waals surface area contributed by atoms with Crippen molar-refractivity contribution in [3.63, 3.8) is 0 Å². The van der Waals surface area contributed by atoms with Crippen LogP contribution in [0.25, 0.3) is 0 Å². The van der Waals surface area contributed by atoms with Crippen LogP contribution in [0.2, 0.25) is 0 Å². The Morgan fingerprint density at radius 1 is 1.50 bits per heavy atom. The van der Waals surface area contributed by atoms with E-state index < -0.39 is 5.97 Å². The highest BCUT2D eigenvalue weighted by molar-refractivity contribution is 7.99. The Morgan fingerprint density at radius 2 is 2.28 bits per heavy atom. The van der Waals surface area contributed by atoms with Crippen LogP contribution >= 0.6 is 11.8 Å². The Morgan fingerprint density at radius 3 is 2.89 bits per heavy atom. The average Bonchev–Trinajstić information content (AvgIpc) is 2.85. The summed E-state index contributed by atoms with van der Waals surface area (Å²) in [5.41, 5.74) is 1.34. The number of thioether (sulfide) groups is 1. The summed E-state index contributed by atoms with van der Waals surface area (Å²) in [7, 11) is 0. The van der Waals surface area contributed by atoms with Gasteiger partial charge in [0, 0.05) is 17.3 Å². The molecule has 0 bridgehead atoms. The molecule has 3 N–H and O–H groups in total. The van der Waals surface area contributed by atoms with E-state index in [1.807, 2.05) is 0 Å². The molecule has 0 saturated carbocycles. The third kappa shape index (κ3) is 2.65. The number of anilines is 1. The Bertz CT molecular complexity index is 484. The van der Waals surface area contributed by atoms with E-state index in [0.717, 1.165) is 11.6 Å². The molecule has 2 rings (SSSR count). The minimum Gasteiger partial charge on any atom is -0.478 e. The van der Waals surface area contributed by atoms with Crippen molar-refractivity contribution in [2.24, 2.45) is 0 Å². The lowest BCUT2D eigenvalue weighted by Gasteiger charge is -2.13. The number of carboxylic acid groups (broad SMARTS) is 1. The molecule has 1 aliphatic rings. The number of carboxylic acids is 1. The van der Waals surface area contributed by atoms with Gasteiger partial charge in [-0.1, -0.05) is 6.07 Å². The zero-order chi connectivity index (χ0) is 13.1. The molecule has 1 fully saturated rings. The van der Waals surface area contributed by atoms with E-state index in [0.29, 0.717) is 11.3 Å². The van der Waals surface area contributed by atoms with E-state index in [4.69, 9.17) is 5.11 Å². The fourth-order valence-electron chi connectivity index (χ4n) is 1.79. The first kappa shape index (κ1) is 12.9. The van der Waals surface area contributed by atoms with Gasteiger partial charge in [-0.25, -0.2) is 4.79 Å². The van der Waals surface area contributed by atoms with Gasteiger partial charge in [0.25, 0.3) is 0 Å². The number of rotatable bonds is 3. The summed E-state index contributed by atoms with van der Waals surface area (Å²) in [5, 5.41) is 14.8. The highest BCUT2D eigenvalue weighted by atomic mass is 32.2. The van der Waals surface area contributed by atoms with E-state index in [-0.39, 0.29) is 17.5 Å². The van der Waals surface area contributed by atoms with Gasteiger partial charge in [-0.15, -0.1) is 11.8 Å². The van der Waals surface area contributed by atoms with Gasteiger partial charge in [-0.2, -0.15) is 0 Å². The van der Waals surface area contributed by atoms with Crippen molar-refractivity contribution in [1.29, 1.82) is 0 Å². The zero-order valence-electron chi connectivity index (χ0n) is 9.90. The van der Waals surface area contributed by atoms with E-state index in [2.05, 4.69) is 10.6 Å². The van der Waals surface area contributed by atoms with Crippen molar-refractivity contribution in [3.8, 4) is 0 Å². The Balaban J connectivity index is 2.16. The molecule has 96 valence electrons. The van der Waals surface area contributed by atoms with Gasteiger partial charge in [0.2, 0.25) is 5.91 Å². The van der Waals surface area contributed by atoms with Crippen molar-refractivity contribution in [3.05, 3.63) is 29.3 Å². The maximum atomic E-state index is 11.9. The van der Waals surface area contributed by atoms with E-state index >= 15 is 0 Å². The van der Waals surface area contributed by atoms with Gasteiger partial charge in [-0.3, -0.25) is 10.1 Å². The van der Waals surface area contributed by atoms with Crippen molar-refractivity contribution in [2.45, 2.75) is 13.0 Å². The smallest absolute Gasteiger partial charge is 0.336 e. The number of carbonyl (C=O) groups excluding carboxylic acids is 1. The summed E-state index contributed by atoms with van der Waals surface area (Å²) in [6.07, 6.45) is 0. The summed E-state index contributed by atoms with van der Waals surface area (Å²) < 4.78 is 0. The van der Waals surface area contributed by atoms with Crippen LogP contribution in [0.15, 0.2) is 18.2 Å². The molecule has 1 aromatic rings. The normalized spacial score (nSPS) is 18.6. The van der Waals surface area contributed by atoms with Crippen molar-refractivity contribution in [1.82, 2.24) is 5.32 Å². The molecule has 1 heterocycles. The highest BCUT2D eigenvalue weighted by Crippen LogP contribution is 2.20. The third-order valence-corrected chi connectivity index (χ3v) is 3.79. The van der Waals surface area contributed by atoms with Gasteiger partial charge in [-0.05, 0) is 24.6 Å². The lowest BCUT2D eigenvalue weighted by molar-refractivity contribution is -0.117. The van der Waals surface area contributed by atoms with Crippen LogP contribution in [-0.2, 0) is 4.79 Å². The standard InChI is InChI=1S/C12H14N2O3S/c1-7-8(12(16)17)3-2-4-9(7)14-11(15)10-5-18-6-13-10/h2-4,10,13H,5-6H2,1H3,(H,14,15)(H,16,17). The van der Waals surface area contributed by atoms with Crippen LogP contribution < -0.4 is 10.6 Å². The zero-order valence-corrected chi connectivity index (χ0v) is 10.7. The lowest BCUT2D eigenvalue weighted by Crippen LogP contribution is -2.37. The number of amides is 1. The molecular formula is C12H14N2O3S. The molecule has 18 heavy (non-hydrogen) atoms. The number of benzene rings is 1. The number of aromatic carboxylic acids is 1. The van der Waals surface area contributed by atoms with E-state index in [1.165, 1.54) is 6.07 Å². The summed E-state index contributed by atoms with van der Waals surface area (Å²) in [4.78, 5) is 22.9. The first-order valence-electron chi connectivity index (χ1n) is 5.54. The predicted octanol–water partition coefficient (Wildman–Crippen LogP) is 1.29. The Kier molecular flexibility index (Phi) is 3.88. The molecule has 0 aromatic heterocycles. The average molecular weight is 266 g/mol. The van der Waals surface area contributed by atoms with Gasteiger partial charge in [0.15, 0.2) is 0 Å². The first-order chi connectivity index (χ1) is 8.59. The molecule has 6 heteroatoms. The molecule has 1 saturated heterocycles. The van der Waals surface area contributed by atoms with Crippen molar-refractivity contribution >= 4 is 29.3 Å². The number of nitrogens with one attached hydrogen (secondary N) is 2. The second kappa shape index (κ2) is 5.41. The molecule has 0 radical (unpaired) electrons. The quantitative estimate of drug-likeness (QED) is 0.768. The molecule has 1 atom stereocenters. The minimum atomic E-state index is -0.988. The summed E-state index contributed by atoms with van der Waals surface area (Å²) in [6, 6.07) is 4.66. The van der Waals surface area contributed by atoms with Gasteiger partial charge < -0.3 is 10.4 Å². The number of hydrogen-bond donors (Lipinski definition) is 3. The molecule has 5 nitrogen and oxygen atoms in total. The highest BCUT2D eigenvalue weighted by Gasteiger charge is 2.23. The number of hydrogen-bond acceptors (Lipinski definition) is 4. The first-order valence-corrected chi connectivity index (χ1v) is 6.70. The molecule has 1 unspecified atom stereocenters. The minimum absolute atomic E-state index is 0.120. The van der Waals surface area contributed by atoms with Crippen LogP contribution in [0.5, 0.6) is 0 Å². The van der Waals surface area contributed by atoms with Crippen LogP contribution in [0.1, 0.15) is 15.9 Å². The van der Waals surface area contributed by atoms with Crippen LogP contribution in [0.3, 0.4) is 0 Å². The maximum Gasteiger partial charge on any atom is 0.336 e. The van der Waals surface area contributed by atoms with Crippen molar-refractivity contribution < 1.29 is 14.7 Å². The third-order valence-electron chi connectivity index (χ3n) is 2.85. The van der Waals surface area contributed by atoms with Crippen LogP contribution in [0.4, 0.5) is 5.69 Å². The molecule has 1 amide bonds. The molecule has 1 aromatic carbocycles.